The third kappa shape index (κ3) is 4.24. The molecular weight excluding hydrogens is 282 g/mol. The summed E-state index contributed by atoms with van der Waals surface area (Å²) < 4.78 is 0. The predicted octanol–water partition coefficient (Wildman–Crippen LogP) is 2.67. The molecule has 0 saturated heterocycles. The highest BCUT2D eigenvalue weighted by atomic mass is 32.1. The average molecular weight is 305 g/mol. The van der Waals surface area contributed by atoms with Crippen LogP contribution in [0, 0.1) is 5.41 Å². The lowest BCUT2D eigenvalue weighted by molar-refractivity contribution is -0.141. The fourth-order valence-corrected chi connectivity index (χ4v) is 3.05. The number of carbonyl (C=O) groups excluding carboxylic acids is 1. The average Bonchev–Trinajstić information content (AvgIpc) is 2.92. The molecule has 1 saturated carbocycles. The normalized spacial score (nSPS) is 16.6. The van der Waals surface area contributed by atoms with E-state index in [0.29, 0.717) is 24.5 Å². The number of thiocarbonyl (C=S) groups is 1. The van der Waals surface area contributed by atoms with Gasteiger partial charge in [0.15, 0.2) is 0 Å². The highest BCUT2D eigenvalue weighted by Gasteiger charge is 2.38. The van der Waals surface area contributed by atoms with E-state index in [1.165, 1.54) is 0 Å². The van der Waals surface area contributed by atoms with Gasteiger partial charge in [-0.15, -0.1) is 0 Å². The Morgan fingerprint density at radius 1 is 1.48 bits per heavy atom. The van der Waals surface area contributed by atoms with Crippen molar-refractivity contribution in [2.75, 3.05) is 6.54 Å². The highest BCUT2D eigenvalue weighted by molar-refractivity contribution is 7.80. The number of rotatable bonds is 6. The Hall–Kier alpha value is -1.49. The minimum Gasteiger partial charge on any atom is -0.393 e. The Morgan fingerprint density at radius 3 is 2.76 bits per heavy atom. The molecule has 5 heteroatoms. The molecule has 4 nitrogen and oxygen atoms in total. The Morgan fingerprint density at radius 2 is 2.19 bits per heavy atom. The number of amides is 1. The third-order valence-corrected chi connectivity index (χ3v) is 4.44. The van der Waals surface area contributed by atoms with E-state index in [1.807, 2.05) is 17.0 Å². The number of nitrogens with two attached hydrogens (primary N) is 1. The summed E-state index contributed by atoms with van der Waals surface area (Å²) in [5.41, 5.74) is 6.42. The largest absolute Gasteiger partial charge is 0.393 e. The Kier molecular flexibility index (Phi) is 5.28. The summed E-state index contributed by atoms with van der Waals surface area (Å²) in [6.45, 7) is 3.24. The van der Waals surface area contributed by atoms with Crippen molar-refractivity contribution in [1.29, 1.82) is 0 Å². The van der Waals surface area contributed by atoms with Crippen LogP contribution in [-0.2, 0) is 11.3 Å². The van der Waals surface area contributed by atoms with Crippen LogP contribution >= 0.6 is 12.2 Å². The number of nitrogens with zero attached hydrogens (tertiary/aromatic N) is 2. The number of pyridine rings is 1. The number of carbonyl (C=O) groups is 1. The van der Waals surface area contributed by atoms with Crippen LogP contribution < -0.4 is 5.73 Å². The van der Waals surface area contributed by atoms with Crippen molar-refractivity contribution in [2.45, 2.75) is 45.6 Å². The molecule has 1 heterocycles. The minimum atomic E-state index is -0.224. The number of aromatic nitrogens is 1. The van der Waals surface area contributed by atoms with Crippen LogP contribution in [0.2, 0.25) is 0 Å². The monoisotopic (exact) mass is 305 g/mol. The highest BCUT2D eigenvalue weighted by Crippen LogP contribution is 2.39. The molecule has 0 bridgehead atoms. The first kappa shape index (κ1) is 15.9. The predicted molar refractivity (Wildman–Crippen MR) is 87.6 cm³/mol. The third-order valence-electron chi connectivity index (χ3n) is 4.23. The zero-order valence-electron chi connectivity index (χ0n) is 12.5. The molecule has 2 rings (SSSR count). The van der Waals surface area contributed by atoms with Crippen molar-refractivity contribution in [2.24, 2.45) is 11.1 Å². The summed E-state index contributed by atoms with van der Waals surface area (Å²) >= 11 is 4.96. The molecule has 114 valence electrons. The van der Waals surface area contributed by atoms with E-state index in [1.54, 1.807) is 12.4 Å². The van der Waals surface area contributed by atoms with Gasteiger partial charge in [-0.2, -0.15) is 0 Å². The lowest BCUT2D eigenvalue weighted by Gasteiger charge is -2.31. The molecule has 1 fully saturated rings. The maximum atomic E-state index is 12.9. The van der Waals surface area contributed by atoms with Crippen molar-refractivity contribution < 1.29 is 4.79 Å². The molecule has 1 aromatic rings. The van der Waals surface area contributed by atoms with Gasteiger partial charge in [0, 0.05) is 37.3 Å². The maximum Gasteiger partial charge on any atom is 0.228 e. The molecule has 0 radical (unpaired) electrons. The van der Waals surface area contributed by atoms with Gasteiger partial charge in [-0.1, -0.05) is 38.0 Å². The van der Waals surface area contributed by atoms with Crippen molar-refractivity contribution in [3.8, 4) is 0 Å². The van der Waals surface area contributed by atoms with Crippen LogP contribution in [0.3, 0.4) is 0 Å². The first-order valence-electron chi connectivity index (χ1n) is 7.48. The lowest BCUT2D eigenvalue weighted by atomic mass is 9.87. The van der Waals surface area contributed by atoms with Crippen molar-refractivity contribution in [3.63, 3.8) is 0 Å². The van der Waals surface area contributed by atoms with Gasteiger partial charge in [0.25, 0.3) is 0 Å². The van der Waals surface area contributed by atoms with Gasteiger partial charge >= 0.3 is 0 Å². The van der Waals surface area contributed by atoms with Crippen LogP contribution in [0.5, 0.6) is 0 Å². The van der Waals surface area contributed by atoms with Gasteiger partial charge in [0.2, 0.25) is 5.91 Å². The summed E-state index contributed by atoms with van der Waals surface area (Å²) in [6.07, 6.45) is 8.33. The van der Waals surface area contributed by atoms with Gasteiger partial charge in [-0.05, 0) is 24.5 Å². The van der Waals surface area contributed by atoms with Crippen LogP contribution in [0.4, 0.5) is 0 Å². The first-order chi connectivity index (χ1) is 10.0. The fraction of sp³-hybridized carbons (Fsp3) is 0.562. The molecule has 1 aliphatic carbocycles. The summed E-state index contributed by atoms with van der Waals surface area (Å²) in [7, 11) is 0. The van der Waals surface area contributed by atoms with Gasteiger partial charge in [-0.3, -0.25) is 9.78 Å². The quantitative estimate of drug-likeness (QED) is 0.821. The lowest BCUT2D eigenvalue weighted by Crippen LogP contribution is -2.42. The topological polar surface area (TPSA) is 59.2 Å². The van der Waals surface area contributed by atoms with Gasteiger partial charge < -0.3 is 10.6 Å². The second-order valence-electron chi connectivity index (χ2n) is 6.07. The van der Waals surface area contributed by atoms with Crippen molar-refractivity contribution in [1.82, 2.24) is 9.88 Å². The molecule has 0 aromatic carbocycles. The van der Waals surface area contributed by atoms with E-state index < -0.39 is 0 Å². The molecule has 1 aliphatic rings. The van der Waals surface area contributed by atoms with Gasteiger partial charge in [-0.25, -0.2) is 0 Å². The Balaban J connectivity index is 2.11. The van der Waals surface area contributed by atoms with Crippen LogP contribution in [-0.4, -0.2) is 27.3 Å². The van der Waals surface area contributed by atoms with E-state index in [2.05, 4.69) is 11.9 Å². The molecule has 1 amide bonds. The zero-order valence-corrected chi connectivity index (χ0v) is 13.4. The van der Waals surface area contributed by atoms with Gasteiger partial charge in [0.1, 0.15) is 0 Å². The van der Waals surface area contributed by atoms with E-state index in [0.717, 1.165) is 31.2 Å². The molecule has 0 atom stereocenters. The molecule has 0 spiro atoms. The number of hydrogen-bond acceptors (Lipinski definition) is 3. The molecule has 2 N–H and O–H groups in total. The molecule has 21 heavy (non-hydrogen) atoms. The summed E-state index contributed by atoms with van der Waals surface area (Å²) in [6, 6.07) is 3.88. The molecular formula is C16H23N3OS. The van der Waals surface area contributed by atoms with Crippen LogP contribution in [0.1, 0.15) is 44.6 Å². The van der Waals surface area contributed by atoms with Crippen molar-refractivity contribution in [3.05, 3.63) is 30.1 Å². The van der Waals surface area contributed by atoms with Gasteiger partial charge in [0.05, 0.1) is 4.99 Å². The molecule has 0 unspecified atom stereocenters. The SMILES string of the molecule is CC1(C(=O)N(CCC(N)=S)Cc2cccnc2)CCCC1. The van der Waals surface area contributed by atoms with Crippen LogP contribution in [0.15, 0.2) is 24.5 Å². The standard InChI is InChI=1S/C16H23N3OS/c1-16(7-2-3-8-16)15(20)19(10-6-14(17)21)12-13-5-4-9-18-11-13/h4-5,9,11H,2-3,6-8,10,12H2,1H3,(H2,17,21). The van der Waals surface area contributed by atoms with Crippen LogP contribution in [0.25, 0.3) is 0 Å². The zero-order chi connectivity index (χ0) is 15.3. The summed E-state index contributed by atoms with van der Waals surface area (Å²) in [4.78, 5) is 19.4. The van der Waals surface area contributed by atoms with E-state index in [4.69, 9.17) is 18.0 Å². The van der Waals surface area contributed by atoms with Crippen molar-refractivity contribution >= 4 is 23.1 Å². The van der Waals surface area contributed by atoms with E-state index in [9.17, 15) is 4.79 Å². The fourth-order valence-electron chi connectivity index (χ4n) is 2.96. The molecule has 0 aliphatic heterocycles. The smallest absolute Gasteiger partial charge is 0.228 e. The summed E-state index contributed by atoms with van der Waals surface area (Å²) in [5, 5.41) is 0. The molecule has 1 aromatic heterocycles. The second-order valence-corrected chi connectivity index (χ2v) is 6.60. The Bertz CT molecular complexity index is 498. The van der Waals surface area contributed by atoms with E-state index >= 15 is 0 Å². The maximum absolute atomic E-state index is 12.9. The van der Waals surface area contributed by atoms with E-state index in [-0.39, 0.29) is 11.3 Å². The summed E-state index contributed by atoms with van der Waals surface area (Å²) in [5.74, 6) is 0.222. The second kappa shape index (κ2) is 6.98. The Labute approximate surface area is 131 Å². The number of hydrogen-bond donors (Lipinski definition) is 1. The first-order valence-corrected chi connectivity index (χ1v) is 7.89. The minimum absolute atomic E-state index is 0.222.